The second kappa shape index (κ2) is 2.67. The van der Waals surface area contributed by atoms with E-state index in [0.717, 1.165) is 10.6 Å². The highest BCUT2D eigenvalue weighted by Gasteiger charge is 2.29. The molecule has 0 bridgehead atoms. The van der Waals surface area contributed by atoms with Crippen molar-refractivity contribution in [2.24, 2.45) is 0 Å². The first-order chi connectivity index (χ1) is 5.77. The molecular formula is C7H6N2O2S. The third-order valence-corrected chi connectivity index (χ3v) is 2.72. The molecule has 0 saturated heterocycles. The summed E-state index contributed by atoms with van der Waals surface area (Å²) < 4.78 is 0. The molecule has 62 valence electrons. The van der Waals surface area contributed by atoms with Gasteiger partial charge in [-0.3, -0.25) is 10.1 Å². The topological polar surface area (TPSA) is 55.2 Å². The maximum atomic E-state index is 10.4. The van der Waals surface area contributed by atoms with Gasteiger partial charge in [0.25, 0.3) is 0 Å². The first-order valence-electron chi connectivity index (χ1n) is 3.43. The Kier molecular flexibility index (Phi) is 1.65. The maximum Gasteiger partial charge on any atom is 0.337 e. The number of para-hydroxylation sites is 1. The van der Waals surface area contributed by atoms with Crippen molar-refractivity contribution in [3.63, 3.8) is 0 Å². The number of rotatable bonds is 1. The van der Waals surface area contributed by atoms with Gasteiger partial charge in [0.05, 0.1) is 10.6 Å². The Morgan fingerprint density at radius 2 is 2.25 bits per heavy atom. The molecule has 12 heavy (non-hydrogen) atoms. The highest BCUT2D eigenvalue weighted by molar-refractivity contribution is 8.00. The molecule has 0 fully saturated rings. The summed E-state index contributed by atoms with van der Waals surface area (Å²) in [6.45, 7) is 0. The van der Waals surface area contributed by atoms with Crippen LogP contribution in [0.15, 0.2) is 29.2 Å². The van der Waals surface area contributed by atoms with E-state index in [0.29, 0.717) is 0 Å². The van der Waals surface area contributed by atoms with Gasteiger partial charge < -0.3 is 5.32 Å². The first-order valence-corrected chi connectivity index (χ1v) is 4.31. The van der Waals surface area contributed by atoms with E-state index < -0.39 is 5.50 Å². The molecule has 1 aromatic carbocycles. The predicted molar refractivity (Wildman–Crippen MR) is 46.7 cm³/mol. The van der Waals surface area contributed by atoms with Gasteiger partial charge in [0.2, 0.25) is 0 Å². The van der Waals surface area contributed by atoms with Crippen molar-refractivity contribution < 1.29 is 4.92 Å². The summed E-state index contributed by atoms with van der Waals surface area (Å²) in [5, 5.41) is 13.2. The second-order valence-electron chi connectivity index (χ2n) is 2.40. The summed E-state index contributed by atoms with van der Waals surface area (Å²) in [6, 6.07) is 7.44. The summed E-state index contributed by atoms with van der Waals surface area (Å²) in [4.78, 5) is 11.0. The number of hydrogen-bond donors (Lipinski definition) is 1. The van der Waals surface area contributed by atoms with E-state index in [1.165, 1.54) is 11.8 Å². The van der Waals surface area contributed by atoms with Crippen LogP contribution in [0.25, 0.3) is 0 Å². The normalized spacial score (nSPS) is 19.8. The average molecular weight is 182 g/mol. The Bertz CT molecular complexity index is 304. The van der Waals surface area contributed by atoms with Gasteiger partial charge in [0.15, 0.2) is 0 Å². The van der Waals surface area contributed by atoms with Crippen LogP contribution in [0.4, 0.5) is 5.69 Å². The summed E-state index contributed by atoms with van der Waals surface area (Å²) in [5.74, 6) is 0. The lowest BCUT2D eigenvalue weighted by Crippen LogP contribution is -2.20. The zero-order valence-corrected chi connectivity index (χ0v) is 6.88. The van der Waals surface area contributed by atoms with Crippen LogP contribution in [0, 0.1) is 10.1 Å². The number of benzene rings is 1. The standard InChI is InChI=1S/C7H6N2O2S/c10-9(11)7-8-5-3-1-2-4-6(5)12-7/h1-4,7-8H. The van der Waals surface area contributed by atoms with E-state index in [4.69, 9.17) is 0 Å². The average Bonchev–Trinajstić information content (AvgIpc) is 2.46. The largest absolute Gasteiger partial charge is 0.337 e. The molecule has 0 radical (unpaired) electrons. The third-order valence-electron chi connectivity index (χ3n) is 1.60. The minimum Gasteiger partial charge on any atom is -0.313 e. The highest BCUT2D eigenvalue weighted by Crippen LogP contribution is 2.37. The van der Waals surface area contributed by atoms with Gasteiger partial charge in [-0.2, -0.15) is 0 Å². The molecule has 1 aliphatic heterocycles. The number of hydrogen-bond acceptors (Lipinski definition) is 4. The molecule has 1 atom stereocenters. The second-order valence-corrected chi connectivity index (χ2v) is 3.52. The fraction of sp³-hybridized carbons (Fsp3) is 0.143. The SMILES string of the molecule is O=[N+]([O-])C1Nc2ccccc2S1. The Morgan fingerprint density at radius 1 is 1.50 bits per heavy atom. The molecule has 0 aromatic heterocycles. The van der Waals surface area contributed by atoms with Gasteiger partial charge in [-0.15, -0.1) is 0 Å². The first kappa shape index (κ1) is 7.42. The minimum absolute atomic E-state index is 0.329. The molecule has 5 heteroatoms. The van der Waals surface area contributed by atoms with Crippen molar-refractivity contribution in [1.29, 1.82) is 0 Å². The van der Waals surface area contributed by atoms with Crippen LogP contribution in [0.1, 0.15) is 0 Å². The number of nitro groups is 1. The zero-order valence-electron chi connectivity index (χ0n) is 6.06. The minimum atomic E-state index is -0.720. The Labute approximate surface area is 73.1 Å². The quantitative estimate of drug-likeness (QED) is 0.531. The Balaban J connectivity index is 2.27. The number of anilines is 1. The van der Waals surface area contributed by atoms with Gasteiger partial charge in [0.1, 0.15) is 0 Å². The van der Waals surface area contributed by atoms with Crippen LogP contribution in [-0.2, 0) is 0 Å². The van der Waals surface area contributed by atoms with Crippen LogP contribution in [0.2, 0.25) is 0 Å². The van der Waals surface area contributed by atoms with Crippen molar-refractivity contribution in [2.75, 3.05) is 5.32 Å². The van der Waals surface area contributed by atoms with Crippen LogP contribution in [-0.4, -0.2) is 10.4 Å². The van der Waals surface area contributed by atoms with E-state index in [9.17, 15) is 10.1 Å². The molecule has 1 aliphatic rings. The summed E-state index contributed by atoms with van der Waals surface area (Å²) in [5.41, 5.74) is 0.131. The maximum absolute atomic E-state index is 10.4. The van der Waals surface area contributed by atoms with Crippen LogP contribution >= 0.6 is 11.8 Å². The fourth-order valence-corrected chi connectivity index (χ4v) is 1.99. The molecule has 1 heterocycles. The lowest BCUT2D eigenvalue weighted by Gasteiger charge is -1.98. The van der Waals surface area contributed by atoms with Crippen LogP contribution < -0.4 is 5.32 Å². The van der Waals surface area contributed by atoms with E-state index in [1.54, 1.807) is 0 Å². The van der Waals surface area contributed by atoms with Crippen LogP contribution in [0.5, 0.6) is 0 Å². The van der Waals surface area contributed by atoms with Crippen molar-refractivity contribution in [3.8, 4) is 0 Å². The van der Waals surface area contributed by atoms with Gasteiger partial charge in [-0.1, -0.05) is 12.1 Å². The molecule has 1 N–H and O–H groups in total. The van der Waals surface area contributed by atoms with Crippen molar-refractivity contribution >= 4 is 17.4 Å². The molecule has 1 aromatic rings. The molecule has 4 nitrogen and oxygen atoms in total. The Morgan fingerprint density at radius 3 is 2.92 bits per heavy atom. The van der Waals surface area contributed by atoms with E-state index in [1.807, 2.05) is 24.3 Å². The van der Waals surface area contributed by atoms with E-state index in [-0.39, 0.29) is 4.92 Å². The smallest absolute Gasteiger partial charge is 0.313 e. The van der Waals surface area contributed by atoms with Gasteiger partial charge >= 0.3 is 5.50 Å². The van der Waals surface area contributed by atoms with E-state index in [2.05, 4.69) is 5.32 Å². The number of thioether (sulfide) groups is 1. The number of nitrogens with zero attached hydrogens (tertiary/aromatic N) is 1. The lowest BCUT2D eigenvalue weighted by atomic mass is 10.3. The zero-order chi connectivity index (χ0) is 8.55. The van der Waals surface area contributed by atoms with Crippen molar-refractivity contribution in [3.05, 3.63) is 34.4 Å². The third kappa shape index (κ3) is 1.12. The number of nitrogens with one attached hydrogen (secondary N) is 1. The Hall–Kier alpha value is -1.23. The molecular weight excluding hydrogens is 176 g/mol. The van der Waals surface area contributed by atoms with Crippen molar-refractivity contribution in [2.45, 2.75) is 10.4 Å². The molecule has 0 aliphatic carbocycles. The summed E-state index contributed by atoms with van der Waals surface area (Å²) >= 11 is 1.23. The predicted octanol–water partition coefficient (Wildman–Crippen LogP) is 1.76. The monoisotopic (exact) mass is 182 g/mol. The molecule has 0 spiro atoms. The summed E-state index contributed by atoms with van der Waals surface area (Å²) in [7, 11) is 0. The lowest BCUT2D eigenvalue weighted by molar-refractivity contribution is -0.487. The number of fused-ring (bicyclic) bond motifs is 1. The summed E-state index contributed by atoms with van der Waals surface area (Å²) in [6.07, 6.45) is 0. The van der Waals surface area contributed by atoms with Gasteiger partial charge in [0, 0.05) is 4.90 Å². The van der Waals surface area contributed by atoms with Crippen LogP contribution in [0.3, 0.4) is 0 Å². The molecule has 1 unspecified atom stereocenters. The molecule has 2 rings (SSSR count). The molecule has 0 saturated carbocycles. The van der Waals surface area contributed by atoms with Crippen molar-refractivity contribution in [1.82, 2.24) is 0 Å². The van der Waals surface area contributed by atoms with Gasteiger partial charge in [-0.05, 0) is 23.9 Å². The fourth-order valence-electron chi connectivity index (χ4n) is 1.07. The van der Waals surface area contributed by atoms with E-state index >= 15 is 0 Å². The molecule has 0 amide bonds. The highest BCUT2D eigenvalue weighted by atomic mass is 32.2. The van der Waals surface area contributed by atoms with Gasteiger partial charge in [-0.25, -0.2) is 0 Å².